The lowest BCUT2D eigenvalue weighted by Crippen LogP contribution is -1.90. The van der Waals surface area contributed by atoms with Gasteiger partial charge in [-0.15, -0.1) is 0 Å². The minimum Gasteiger partial charge on any atom is -0.494 e. The number of benzene rings is 2. The highest BCUT2D eigenvalue weighted by atomic mass is 16.5. The second kappa shape index (κ2) is 5.39. The molecule has 0 saturated carbocycles. The van der Waals surface area contributed by atoms with Crippen molar-refractivity contribution in [2.75, 3.05) is 19.0 Å². The van der Waals surface area contributed by atoms with Gasteiger partial charge in [0.2, 0.25) is 0 Å². The molecule has 2 aromatic carbocycles. The quantitative estimate of drug-likeness (QED) is 0.858. The van der Waals surface area contributed by atoms with Gasteiger partial charge in [0, 0.05) is 12.7 Å². The maximum absolute atomic E-state index is 5.42. The molecular formula is C15H17NO. The Kier molecular flexibility index (Phi) is 3.66. The summed E-state index contributed by atoms with van der Waals surface area (Å²) >= 11 is 0. The topological polar surface area (TPSA) is 21.3 Å². The third-order valence-corrected chi connectivity index (χ3v) is 2.67. The summed E-state index contributed by atoms with van der Waals surface area (Å²) in [7, 11) is 1.92. The molecule has 0 atom stereocenters. The number of nitrogens with one attached hydrogen (secondary N) is 1. The number of hydrogen-bond donors (Lipinski definition) is 1. The van der Waals surface area contributed by atoms with E-state index < -0.39 is 0 Å². The zero-order valence-corrected chi connectivity index (χ0v) is 10.2. The van der Waals surface area contributed by atoms with Crippen LogP contribution in [0.2, 0.25) is 0 Å². The Bertz CT molecular complexity index is 459. The second-order valence-corrected chi connectivity index (χ2v) is 3.78. The molecular weight excluding hydrogens is 210 g/mol. The van der Waals surface area contributed by atoms with Crippen LogP contribution in [0.15, 0.2) is 48.5 Å². The van der Waals surface area contributed by atoms with Gasteiger partial charge in [0.1, 0.15) is 5.75 Å². The van der Waals surface area contributed by atoms with Crippen LogP contribution in [0.1, 0.15) is 6.92 Å². The van der Waals surface area contributed by atoms with Crippen LogP contribution >= 0.6 is 0 Å². The Morgan fingerprint density at radius 1 is 0.882 bits per heavy atom. The molecule has 88 valence electrons. The first-order valence-electron chi connectivity index (χ1n) is 5.84. The first-order chi connectivity index (χ1) is 8.33. The van der Waals surface area contributed by atoms with E-state index in [-0.39, 0.29) is 0 Å². The molecule has 0 aromatic heterocycles. The van der Waals surface area contributed by atoms with Crippen molar-refractivity contribution in [2.45, 2.75) is 6.92 Å². The maximum atomic E-state index is 5.42. The Hall–Kier alpha value is -1.96. The lowest BCUT2D eigenvalue weighted by molar-refractivity contribution is 0.340. The lowest BCUT2D eigenvalue weighted by Gasteiger charge is -2.06. The standard InChI is InChI=1S/C15H17NO/c1-3-17-15-10-6-13(7-11-15)12-4-8-14(16-2)9-5-12/h4-11,16H,3H2,1-2H3. The summed E-state index contributed by atoms with van der Waals surface area (Å²) in [6.45, 7) is 2.70. The van der Waals surface area contributed by atoms with Crippen LogP contribution in [-0.4, -0.2) is 13.7 Å². The van der Waals surface area contributed by atoms with Gasteiger partial charge in [0.25, 0.3) is 0 Å². The van der Waals surface area contributed by atoms with Crippen molar-refractivity contribution in [3.8, 4) is 16.9 Å². The van der Waals surface area contributed by atoms with Crippen molar-refractivity contribution in [1.29, 1.82) is 0 Å². The molecule has 0 saturated heterocycles. The molecule has 2 aromatic rings. The van der Waals surface area contributed by atoms with Gasteiger partial charge < -0.3 is 10.1 Å². The number of anilines is 1. The highest BCUT2D eigenvalue weighted by Gasteiger charge is 1.98. The highest BCUT2D eigenvalue weighted by Crippen LogP contribution is 2.23. The fourth-order valence-corrected chi connectivity index (χ4v) is 1.74. The van der Waals surface area contributed by atoms with Crippen molar-refractivity contribution in [2.24, 2.45) is 0 Å². The molecule has 0 aliphatic rings. The molecule has 1 N–H and O–H groups in total. The minimum atomic E-state index is 0.705. The van der Waals surface area contributed by atoms with Crippen LogP contribution in [0, 0.1) is 0 Å². The minimum absolute atomic E-state index is 0.705. The van der Waals surface area contributed by atoms with Crippen molar-refractivity contribution in [1.82, 2.24) is 0 Å². The van der Waals surface area contributed by atoms with Gasteiger partial charge in [-0.3, -0.25) is 0 Å². The summed E-state index contributed by atoms with van der Waals surface area (Å²) in [6.07, 6.45) is 0. The average molecular weight is 227 g/mol. The van der Waals surface area contributed by atoms with Gasteiger partial charge in [0.15, 0.2) is 0 Å². The first-order valence-corrected chi connectivity index (χ1v) is 5.84. The van der Waals surface area contributed by atoms with Crippen LogP contribution in [-0.2, 0) is 0 Å². The van der Waals surface area contributed by atoms with Crippen molar-refractivity contribution in [3.63, 3.8) is 0 Å². The van der Waals surface area contributed by atoms with Gasteiger partial charge in [0.05, 0.1) is 6.61 Å². The molecule has 0 bridgehead atoms. The first kappa shape index (κ1) is 11.5. The van der Waals surface area contributed by atoms with E-state index in [0.29, 0.717) is 6.61 Å². The Morgan fingerprint density at radius 3 is 1.88 bits per heavy atom. The van der Waals surface area contributed by atoms with Gasteiger partial charge >= 0.3 is 0 Å². The molecule has 2 heteroatoms. The van der Waals surface area contributed by atoms with E-state index >= 15 is 0 Å². The molecule has 2 rings (SSSR count). The summed E-state index contributed by atoms with van der Waals surface area (Å²) in [6, 6.07) is 16.6. The maximum Gasteiger partial charge on any atom is 0.119 e. The summed E-state index contributed by atoms with van der Waals surface area (Å²) < 4.78 is 5.42. The zero-order chi connectivity index (χ0) is 12.1. The van der Waals surface area contributed by atoms with E-state index in [9.17, 15) is 0 Å². The molecule has 2 nitrogen and oxygen atoms in total. The Morgan fingerprint density at radius 2 is 1.41 bits per heavy atom. The van der Waals surface area contributed by atoms with E-state index in [2.05, 4.69) is 41.7 Å². The summed E-state index contributed by atoms with van der Waals surface area (Å²) in [5.41, 5.74) is 3.54. The zero-order valence-electron chi connectivity index (χ0n) is 10.2. The third-order valence-electron chi connectivity index (χ3n) is 2.67. The van der Waals surface area contributed by atoms with Gasteiger partial charge in [-0.25, -0.2) is 0 Å². The second-order valence-electron chi connectivity index (χ2n) is 3.78. The summed E-state index contributed by atoms with van der Waals surface area (Å²) in [4.78, 5) is 0. The van der Waals surface area contributed by atoms with Crippen LogP contribution in [0.5, 0.6) is 5.75 Å². The summed E-state index contributed by atoms with van der Waals surface area (Å²) in [5.74, 6) is 0.920. The van der Waals surface area contributed by atoms with Crippen molar-refractivity contribution >= 4 is 5.69 Å². The van der Waals surface area contributed by atoms with Gasteiger partial charge in [-0.2, -0.15) is 0 Å². The smallest absolute Gasteiger partial charge is 0.119 e. The third kappa shape index (κ3) is 2.78. The molecule has 0 spiro atoms. The average Bonchev–Trinajstić information content (AvgIpc) is 2.40. The lowest BCUT2D eigenvalue weighted by atomic mass is 10.1. The predicted molar refractivity (Wildman–Crippen MR) is 72.6 cm³/mol. The van der Waals surface area contributed by atoms with E-state index in [1.54, 1.807) is 0 Å². The molecule has 0 heterocycles. The number of rotatable bonds is 4. The SMILES string of the molecule is CCOc1ccc(-c2ccc(NC)cc2)cc1. The van der Waals surface area contributed by atoms with Crippen molar-refractivity contribution < 1.29 is 4.74 Å². The van der Waals surface area contributed by atoms with Crippen molar-refractivity contribution in [3.05, 3.63) is 48.5 Å². The van der Waals surface area contributed by atoms with Crippen LogP contribution in [0.4, 0.5) is 5.69 Å². The normalized spacial score (nSPS) is 10.0. The van der Waals surface area contributed by atoms with E-state index in [0.717, 1.165) is 11.4 Å². The molecule has 0 aliphatic carbocycles. The number of ether oxygens (including phenoxy) is 1. The Labute approximate surface area is 102 Å². The highest BCUT2D eigenvalue weighted by molar-refractivity contribution is 5.66. The monoisotopic (exact) mass is 227 g/mol. The van der Waals surface area contributed by atoms with E-state index in [4.69, 9.17) is 4.74 Å². The molecule has 0 radical (unpaired) electrons. The van der Waals surface area contributed by atoms with Crippen LogP contribution in [0.25, 0.3) is 11.1 Å². The summed E-state index contributed by atoms with van der Waals surface area (Å²) in [5, 5.41) is 3.11. The van der Waals surface area contributed by atoms with E-state index in [1.165, 1.54) is 11.1 Å². The fourth-order valence-electron chi connectivity index (χ4n) is 1.74. The van der Waals surface area contributed by atoms with Gasteiger partial charge in [-0.1, -0.05) is 24.3 Å². The fraction of sp³-hybridized carbons (Fsp3) is 0.200. The van der Waals surface area contributed by atoms with Crippen LogP contribution in [0.3, 0.4) is 0 Å². The Balaban J connectivity index is 2.20. The largest absolute Gasteiger partial charge is 0.494 e. The number of hydrogen-bond acceptors (Lipinski definition) is 2. The van der Waals surface area contributed by atoms with Gasteiger partial charge in [-0.05, 0) is 42.3 Å². The molecule has 0 unspecified atom stereocenters. The predicted octanol–water partition coefficient (Wildman–Crippen LogP) is 3.79. The van der Waals surface area contributed by atoms with Crippen LogP contribution < -0.4 is 10.1 Å². The van der Waals surface area contributed by atoms with E-state index in [1.807, 2.05) is 26.1 Å². The molecule has 0 aliphatic heterocycles. The molecule has 17 heavy (non-hydrogen) atoms. The molecule has 0 fully saturated rings. The molecule has 0 amide bonds.